The van der Waals surface area contributed by atoms with Gasteiger partial charge in [-0.15, -0.1) is 0 Å². The third kappa shape index (κ3) is 1.79. The van der Waals surface area contributed by atoms with Crippen LogP contribution in [0.2, 0.25) is 0 Å². The highest BCUT2D eigenvalue weighted by Gasteiger charge is 2.26. The van der Waals surface area contributed by atoms with Crippen molar-refractivity contribution in [1.29, 1.82) is 0 Å². The van der Waals surface area contributed by atoms with Crippen LogP contribution in [-0.2, 0) is 0 Å². The second-order valence-corrected chi connectivity index (χ2v) is 3.95. The van der Waals surface area contributed by atoms with Gasteiger partial charge in [-0.3, -0.25) is 9.78 Å². The van der Waals surface area contributed by atoms with E-state index in [-0.39, 0.29) is 5.91 Å². The fraction of sp³-hybridized carbons (Fsp3) is 0.455. The predicted molar refractivity (Wildman–Crippen MR) is 58.4 cm³/mol. The van der Waals surface area contributed by atoms with Crippen molar-refractivity contribution in [2.45, 2.75) is 25.8 Å². The summed E-state index contributed by atoms with van der Waals surface area (Å²) >= 11 is 0. The average molecular weight is 205 g/mol. The number of nitrogens with zero attached hydrogens (tertiary/aromatic N) is 2. The van der Waals surface area contributed by atoms with Crippen LogP contribution in [0.25, 0.3) is 0 Å². The van der Waals surface area contributed by atoms with Crippen LogP contribution in [0.15, 0.2) is 18.5 Å². The molecule has 1 atom stereocenters. The van der Waals surface area contributed by atoms with Gasteiger partial charge in [0.25, 0.3) is 5.91 Å². The Hall–Kier alpha value is -1.58. The molecule has 1 saturated heterocycles. The van der Waals surface area contributed by atoms with Crippen molar-refractivity contribution in [3.8, 4) is 0 Å². The van der Waals surface area contributed by atoms with Crippen molar-refractivity contribution in [2.24, 2.45) is 0 Å². The molecule has 1 aliphatic rings. The Morgan fingerprint density at radius 2 is 2.47 bits per heavy atom. The van der Waals surface area contributed by atoms with Gasteiger partial charge in [0.2, 0.25) is 0 Å². The molecule has 0 spiro atoms. The number of aromatic nitrogens is 1. The maximum Gasteiger partial charge on any atom is 0.257 e. The van der Waals surface area contributed by atoms with Gasteiger partial charge >= 0.3 is 0 Å². The van der Waals surface area contributed by atoms with E-state index in [0.717, 1.165) is 19.4 Å². The second kappa shape index (κ2) is 3.88. The van der Waals surface area contributed by atoms with Crippen LogP contribution in [0.5, 0.6) is 0 Å². The van der Waals surface area contributed by atoms with E-state index in [1.165, 1.54) is 0 Å². The minimum absolute atomic E-state index is 0.00519. The molecule has 0 radical (unpaired) electrons. The highest BCUT2D eigenvalue weighted by molar-refractivity contribution is 5.99. The first-order valence-corrected chi connectivity index (χ1v) is 5.20. The van der Waals surface area contributed by atoms with Gasteiger partial charge in [0, 0.05) is 30.7 Å². The largest absolute Gasteiger partial charge is 0.398 e. The predicted octanol–water partition coefficient (Wildman–Crippen LogP) is 1.29. The molecule has 2 N–H and O–H groups in total. The van der Waals surface area contributed by atoms with Crippen molar-refractivity contribution in [1.82, 2.24) is 9.88 Å². The molecule has 0 bridgehead atoms. The Kier molecular flexibility index (Phi) is 2.58. The van der Waals surface area contributed by atoms with Gasteiger partial charge in [-0.2, -0.15) is 0 Å². The van der Waals surface area contributed by atoms with Gasteiger partial charge in [-0.25, -0.2) is 0 Å². The molecule has 0 saturated carbocycles. The molecule has 1 amide bonds. The lowest BCUT2D eigenvalue weighted by Gasteiger charge is -2.21. The number of pyridine rings is 1. The number of likely N-dealkylation sites (tertiary alicyclic amines) is 1. The third-order valence-corrected chi connectivity index (χ3v) is 2.90. The van der Waals surface area contributed by atoms with Crippen LogP contribution in [0.1, 0.15) is 30.1 Å². The first-order valence-electron chi connectivity index (χ1n) is 5.20. The molecular weight excluding hydrogens is 190 g/mol. The van der Waals surface area contributed by atoms with Crippen LogP contribution in [-0.4, -0.2) is 28.4 Å². The molecule has 15 heavy (non-hydrogen) atoms. The SMILES string of the molecule is CC1CCCN1C(=O)c1cnccc1N. The van der Waals surface area contributed by atoms with Crippen LogP contribution in [0.4, 0.5) is 5.69 Å². The number of anilines is 1. The van der Waals surface area contributed by atoms with Crippen molar-refractivity contribution < 1.29 is 4.79 Å². The zero-order valence-electron chi connectivity index (χ0n) is 8.81. The van der Waals surface area contributed by atoms with Gasteiger partial charge in [0.15, 0.2) is 0 Å². The number of hydrogen-bond acceptors (Lipinski definition) is 3. The molecule has 1 unspecified atom stereocenters. The second-order valence-electron chi connectivity index (χ2n) is 3.95. The summed E-state index contributed by atoms with van der Waals surface area (Å²) in [6.45, 7) is 2.89. The Balaban J connectivity index is 2.24. The van der Waals surface area contributed by atoms with E-state index in [0.29, 0.717) is 17.3 Å². The number of hydrogen-bond donors (Lipinski definition) is 1. The van der Waals surface area contributed by atoms with Crippen molar-refractivity contribution >= 4 is 11.6 Å². The Labute approximate surface area is 89.1 Å². The maximum absolute atomic E-state index is 12.1. The average Bonchev–Trinajstić information content (AvgIpc) is 2.64. The third-order valence-electron chi connectivity index (χ3n) is 2.90. The summed E-state index contributed by atoms with van der Waals surface area (Å²) in [5.74, 6) is 0.00519. The van der Waals surface area contributed by atoms with Crippen LogP contribution in [0, 0.1) is 0 Å². The number of nitrogens with two attached hydrogens (primary N) is 1. The lowest BCUT2D eigenvalue weighted by Crippen LogP contribution is -2.34. The molecule has 0 aliphatic carbocycles. The summed E-state index contributed by atoms with van der Waals surface area (Å²) in [6, 6.07) is 1.98. The van der Waals surface area contributed by atoms with E-state index in [1.807, 2.05) is 4.90 Å². The van der Waals surface area contributed by atoms with E-state index in [9.17, 15) is 4.79 Å². The van der Waals surface area contributed by atoms with Crippen LogP contribution >= 0.6 is 0 Å². The molecule has 80 valence electrons. The van der Waals surface area contributed by atoms with Gasteiger partial charge in [0.05, 0.1) is 5.56 Å². The molecule has 1 aromatic rings. The lowest BCUT2D eigenvalue weighted by atomic mass is 10.2. The normalized spacial score (nSPS) is 20.6. The van der Waals surface area contributed by atoms with Gasteiger partial charge in [0.1, 0.15) is 0 Å². The zero-order chi connectivity index (χ0) is 10.8. The summed E-state index contributed by atoms with van der Waals surface area (Å²) < 4.78 is 0. The van der Waals surface area contributed by atoms with Gasteiger partial charge < -0.3 is 10.6 Å². The van der Waals surface area contributed by atoms with Crippen molar-refractivity contribution in [3.05, 3.63) is 24.0 Å². The van der Waals surface area contributed by atoms with Crippen LogP contribution in [0.3, 0.4) is 0 Å². The van der Waals surface area contributed by atoms with Gasteiger partial charge in [-0.05, 0) is 25.8 Å². The number of amides is 1. The number of nitrogen functional groups attached to an aromatic ring is 1. The molecule has 0 aromatic carbocycles. The first kappa shape index (κ1) is 9.96. The monoisotopic (exact) mass is 205 g/mol. The fourth-order valence-corrected chi connectivity index (χ4v) is 1.97. The van der Waals surface area contributed by atoms with E-state index in [1.54, 1.807) is 18.5 Å². The van der Waals surface area contributed by atoms with Gasteiger partial charge in [-0.1, -0.05) is 0 Å². The molecular formula is C11H15N3O. The van der Waals surface area contributed by atoms with E-state index in [4.69, 9.17) is 5.73 Å². The minimum Gasteiger partial charge on any atom is -0.398 e. The number of rotatable bonds is 1. The summed E-state index contributed by atoms with van der Waals surface area (Å²) in [6.07, 6.45) is 5.29. The molecule has 1 fully saturated rings. The minimum atomic E-state index is 0.00519. The standard InChI is InChI=1S/C11H15N3O/c1-8-3-2-6-14(8)11(15)9-7-13-5-4-10(9)12/h4-5,7-8H,2-3,6H2,1H3,(H2,12,13). The van der Waals surface area contributed by atoms with E-state index >= 15 is 0 Å². The number of carbonyl (C=O) groups is 1. The molecule has 1 aromatic heterocycles. The van der Waals surface area contributed by atoms with Crippen molar-refractivity contribution in [3.63, 3.8) is 0 Å². The maximum atomic E-state index is 12.1. The molecule has 1 aliphatic heterocycles. The highest BCUT2D eigenvalue weighted by atomic mass is 16.2. The highest BCUT2D eigenvalue weighted by Crippen LogP contribution is 2.21. The zero-order valence-corrected chi connectivity index (χ0v) is 8.81. The number of carbonyl (C=O) groups excluding carboxylic acids is 1. The topological polar surface area (TPSA) is 59.2 Å². The first-order chi connectivity index (χ1) is 7.20. The summed E-state index contributed by atoms with van der Waals surface area (Å²) in [4.78, 5) is 17.9. The van der Waals surface area contributed by atoms with E-state index in [2.05, 4.69) is 11.9 Å². The fourth-order valence-electron chi connectivity index (χ4n) is 1.97. The lowest BCUT2D eigenvalue weighted by molar-refractivity contribution is 0.0748. The Morgan fingerprint density at radius 3 is 3.07 bits per heavy atom. The Morgan fingerprint density at radius 1 is 1.67 bits per heavy atom. The summed E-state index contributed by atoms with van der Waals surface area (Å²) in [5, 5.41) is 0. The quantitative estimate of drug-likeness (QED) is 0.751. The smallest absolute Gasteiger partial charge is 0.257 e. The Bertz CT molecular complexity index is 378. The molecule has 4 heteroatoms. The molecule has 4 nitrogen and oxygen atoms in total. The summed E-state index contributed by atoms with van der Waals surface area (Å²) in [5.41, 5.74) is 6.78. The molecule has 2 heterocycles. The summed E-state index contributed by atoms with van der Waals surface area (Å²) in [7, 11) is 0. The van der Waals surface area contributed by atoms with Crippen LogP contribution < -0.4 is 5.73 Å². The molecule has 2 rings (SSSR count). The van der Waals surface area contributed by atoms with E-state index < -0.39 is 0 Å². The van der Waals surface area contributed by atoms with Crippen molar-refractivity contribution in [2.75, 3.05) is 12.3 Å².